The number of hydrogen-bond acceptors (Lipinski definition) is 2. The van der Waals surface area contributed by atoms with Crippen molar-refractivity contribution in [2.24, 2.45) is 0 Å². The van der Waals surface area contributed by atoms with Gasteiger partial charge in [-0.1, -0.05) is 6.07 Å². The summed E-state index contributed by atoms with van der Waals surface area (Å²) in [5, 5.41) is 11.4. The summed E-state index contributed by atoms with van der Waals surface area (Å²) in [5.41, 5.74) is 0.873. The second-order valence-electron chi connectivity index (χ2n) is 3.56. The summed E-state index contributed by atoms with van der Waals surface area (Å²) >= 11 is 0. The van der Waals surface area contributed by atoms with Crippen LogP contribution in [0.15, 0.2) is 18.2 Å². The van der Waals surface area contributed by atoms with Crippen molar-refractivity contribution in [3.63, 3.8) is 0 Å². The highest BCUT2D eigenvalue weighted by molar-refractivity contribution is 5.79. The van der Waals surface area contributed by atoms with E-state index in [0.717, 1.165) is 5.56 Å². The molecule has 0 bridgehead atoms. The first-order valence-electron chi connectivity index (χ1n) is 4.67. The van der Waals surface area contributed by atoms with Gasteiger partial charge in [0.15, 0.2) is 0 Å². The molecule has 4 heteroatoms. The molecule has 1 aromatic rings. The van der Waals surface area contributed by atoms with Crippen LogP contribution in [0, 0.1) is 17.1 Å². The Morgan fingerprint density at radius 1 is 1.53 bits per heavy atom. The molecule has 0 spiro atoms. The number of halogens is 1. The van der Waals surface area contributed by atoms with Crippen LogP contribution in [0.2, 0.25) is 0 Å². The van der Waals surface area contributed by atoms with Gasteiger partial charge in [0.2, 0.25) is 5.91 Å². The van der Waals surface area contributed by atoms with Crippen molar-refractivity contribution in [3.8, 4) is 6.07 Å². The molecule has 76 valence electrons. The minimum atomic E-state index is -0.515. The normalized spacial score (nSPS) is 19.7. The van der Waals surface area contributed by atoms with Crippen LogP contribution in [0.5, 0.6) is 0 Å². The number of nitriles is 1. The Morgan fingerprint density at radius 2 is 2.33 bits per heavy atom. The fraction of sp³-hybridized carbons (Fsp3) is 0.273. The predicted molar refractivity (Wildman–Crippen MR) is 51.5 cm³/mol. The highest BCUT2D eigenvalue weighted by Gasteiger charge is 2.23. The molecule has 1 unspecified atom stereocenters. The molecule has 1 fully saturated rings. The number of carbonyl (C=O) groups is 1. The lowest BCUT2D eigenvalue weighted by atomic mass is 9.96. The van der Waals surface area contributed by atoms with Gasteiger partial charge >= 0.3 is 0 Å². The van der Waals surface area contributed by atoms with Crippen LogP contribution in [0.1, 0.15) is 23.5 Å². The first-order chi connectivity index (χ1) is 7.20. The van der Waals surface area contributed by atoms with E-state index >= 15 is 0 Å². The van der Waals surface area contributed by atoms with E-state index in [0.29, 0.717) is 13.0 Å². The number of carbonyl (C=O) groups excluding carboxylic acids is 1. The molecule has 0 aromatic heterocycles. The molecule has 1 saturated heterocycles. The second-order valence-corrected chi connectivity index (χ2v) is 3.56. The van der Waals surface area contributed by atoms with Crippen LogP contribution < -0.4 is 5.32 Å². The van der Waals surface area contributed by atoms with Gasteiger partial charge in [0.25, 0.3) is 0 Å². The van der Waals surface area contributed by atoms with Crippen molar-refractivity contribution in [1.82, 2.24) is 5.32 Å². The van der Waals surface area contributed by atoms with Crippen molar-refractivity contribution in [3.05, 3.63) is 35.1 Å². The number of hydrogen-bond donors (Lipinski definition) is 1. The van der Waals surface area contributed by atoms with E-state index in [-0.39, 0.29) is 17.4 Å². The smallest absolute Gasteiger partial charge is 0.220 e. The van der Waals surface area contributed by atoms with Crippen molar-refractivity contribution < 1.29 is 9.18 Å². The lowest BCUT2D eigenvalue weighted by molar-refractivity contribution is -0.119. The summed E-state index contributed by atoms with van der Waals surface area (Å²) in [5.74, 6) is -0.452. The highest BCUT2D eigenvalue weighted by atomic mass is 19.1. The highest BCUT2D eigenvalue weighted by Crippen LogP contribution is 2.24. The molecule has 0 aliphatic carbocycles. The first-order valence-corrected chi connectivity index (χ1v) is 4.67. The largest absolute Gasteiger partial charge is 0.355 e. The van der Waals surface area contributed by atoms with Gasteiger partial charge in [0.05, 0.1) is 5.56 Å². The summed E-state index contributed by atoms with van der Waals surface area (Å²) in [7, 11) is 0. The molecule has 1 aliphatic rings. The van der Waals surface area contributed by atoms with Crippen LogP contribution in [-0.2, 0) is 4.79 Å². The van der Waals surface area contributed by atoms with E-state index < -0.39 is 5.82 Å². The van der Waals surface area contributed by atoms with E-state index in [1.807, 2.05) is 0 Å². The zero-order valence-electron chi connectivity index (χ0n) is 7.96. The zero-order valence-corrected chi connectivity index (χ0v) is 7.96. The average molecular weight is 204 g/mol. The SMILES string of the molecule is N#Cc1cc(C2CNC(=O)C2)ccc1F. The Balaban J connectivity index is 2.30. The molecular weight excluding hydrogens is 195 g/mol. The summed E-state index contributed by atoms with van der Waals surface area (Å²) in [6.07, 6.45) is 0.413. The number of nitrogens with one attached hydrogen (secondary N) is 1. The van der Waals surface area contributed by atoms with E-state index in [1.165, 1.54) is 12.1 Å². The fourth-order valence-corrected chi connectivity index (χ4v) is 1.72. The molecule has 1 amide bonds. The number of amides is 1. The maximum absolute atomic E-state index is 13.0. The Bertz CT molecular complexity index is 450. The molecule has 0 saturated carbocycles. The molecule has 0 radical (unpaired) electrons. The van der Waals surface area contributed by atoms with Crippen LogP contribution in [-0.4, -0.2) is 12.5 Å². The summed E-state index contributed by atoms with van der Waals surface area (Å²) in [6, 6.07) is 6.20. The molecule has 15 heavy (non-hydrogen) atoms. The number of rotatable bonds is 1. The van der Waals surface area contributed by atoms with Crippen molar-refractivity contribution in [2.75, 3.05) is 6.54 Å². The minimum absolute atomic E-state index is 0.00262. The number of benzene rings is 1. The predicted octanol–water partition coefficient (Wildman–Crippen LogP) is 1.30. The molecule has 3 nitrogen and oxygen atoms in total. The monoisotopic (exact) mass is 204 g/mol. The Morgan fingerprint density at radius 3 is 2.93 bits per heavy atom. The van der Waals surface area contributed by atoms with Gasteiger partial charge in [-0.2, -0.15) is 5.26 Å². The summed E-state index contributed by atoms with van der Waals surface area (Å²) in [6.45, 7) is 0.565. The van der Waals surface area contributed by atoms with Gasteiger partial charge in [0, 0.05) is 18.9 Å². The molecule has 1 aromatic carbocycles. The van der Waals surface area contributed by atoms with Gasteiger partial charge < -0.3 is 5.32 Å². The fourth-order valence-electron chi connectivity index (χ4n) is 1.72. The van der Waals surface area contributed by atoms with Crippen LogP contribution in [0.4, 0.5) is 4.39 Å². The Labute approximate surface area is 86.5 Å². The molecule has 1 aliphatic heterocycles. The minimum Gasteiger partial charge on any atom is -0.355 e. The zero-order chi connectivity index (χ0) is 10.8. The number of nitrogens with zero attached hydrogens (tertiary/aromatic N) is 1. The second kappa shape index (κ2) is 3.70. The molecule has 1 heterocycles. The van der Waals surface area contributed by atoms with E-state index in [9.17, 15) is 9.18 Å². The maximum Gasteiger partial charge on any atom is 0.220 e. The van der Waals surface area contributed by atoms with Crippen molar-refractivity contribution in [1.29, 1.82) is 5.26 Å². The third kappa shape index (κ3) is 1.82. The third-order valence-corrected chi connectivity index (χ3v) is 2.56. The molecule has 2 rings (SSSR count). The first kappa shape index (κ1) is 9.66. The van der Waals surface area contributed by atoms with Crippen LogP contribution in [0.3, 0.4) is 0 Å². The summed E-state index contributed by atoms with van der Waals surface area (Å²) in [4.78, 5) is 11.0. The lowest BCUT2D eigenvalue weighted by Crippen LogP contribution is -2.13. The van der Waals surface area contributed by atoms with Crippen LogP contribution >= 0.6 is 0 Å². The van der Waals surface area contributed by atoms with E-state index in [4.69, 9.17) is 5.26 Å². The van der Waals surface area contributed by atoms with Crippen LogP contribution in [0.25, 0.3) is 0 Å². The Kier molecular flexibility index (Phi) is 2.38. The quantitative estimate of drug-likeness (QED) is 0.749. The molecule has 1 atom stereocenters. The van der Waals surface area contributed by atoms with Gasteiger partial charge in [-0.25, -0.2) is 4.39 Å². The topological polar surface area (TPSA) is 52.9 Å². The third-order valence-electron chi connectivity index (χ3n) is 2.56. The van der Waals surface area contributed by atoms with Crippen molar-refractivity contribution in [2.45, 2.75) is 12.3 Å². The van der Waals surface area contributed by atoms with Gasteiger partial charge in [0.1, 0.15) is 11.9 Å². The lowest BCUT2D eigenvalue weighted by Gasteiger charge is -2.07. The average Bonchev–Trinajstić information content (AvgIpc) is 2.66. The molecule has 1 N–H and O–H groups in total. The molecular formula is C11H9FN2O. The van der Waals surface area contributed by atoms with Gasteiger partial charge in [-0.15, -0.1) is 0 Å². The van der Waals surface area contributed by atoms with Crippen molar-refractivity contribution >= 4 is 5.91 Å². The van der Waals surface area contributed by atoms with Gasteiger partial charge in [-0.05, 0) is 17.7 Å². The standard InChI is InChI=1S/C11H9FN2O/c12-10-2-1-7(3-8(10)5-13)9-4-11(15)14-6-9/h1-3,9H,4,6H2,(H,14,15). The summed E-state index contributed by atoms with van der Waals surface area (Å²) < 4.78 is 13.0. The van der Waals surface area contributed by atoms with Gasteiger partial charge in [-0.3, -0.25) is 4.79 Å². The maximum atomic E-state index is 13.0. The van der Waals surface area contributed by atoms with E-state index in [2.05, 4.69) is 5.32 Å². The van der Waals surface area contributed by atoms with E-state index in [1.54, 1.807) is 12.1 Å². The Hall–Kier alpha value is -1.89.